The number of piperazine rings is 1. The van der Waals surface area contributed by atoms with Crippen molar-refractivity contribution in [3.05, 3.63) is 64.8 Å². The normalized spacial score (nSPS) is 16.0. The molecule has 6 nitrogen and oxygen atoms in total. The van der Waals surface area contributed by atoms with E-state index >= 15 is 0 Å². The Balaban J connectivity index is 1.45. The number of ether oxygens (including phenoxy) is 1. The molecule has 0 amide bonds. The SMILES string of the molecule is COc1ccc2cc(CN3CCN(S(=O)(=O)c4ccc(F)c(F)c4)CC3)c(Cl)nc2c1. The zero-order valence-electron chi connectivity index (χ0n) is 16.7. The summed E-state index contributed by atoms with van der Waals surface area (Å²) in [6.07, 6.45) is 0. The van der Waals surface area contributed by atoms with Gasteiger partial charge in [-0.3, -0.25) is 4.90 Å². The van der Waals surface area contributed by atoms with Gasteiger partial charge in [-0.2, -0.15) is 4.31 Å². The number of halogens is 3. The molecule has 1 aromatic heterocycles. The van der Waals surface area contributed by atoms with E-state index in [1.54, 1.807) is 7.11 Å². The highest BCUT2D eigenvalue weighted by molar-refractivity contribution is 7.89. The van der Waals surface area contributed by atoms with Crippen LogP contribution in [0.5, 0.6) is 5.75 Å². The predicted molar refractivity (Wildman–Crippen MR) is 114 cm³/mol. The van der Waals surface area contributed by atoms with Crippen molar-refractivity contribution in [3.8, 4) is 5.75 Å². The summed E-state index contributed by atoms with van der Waals surface area (Å²) >= 11 is 6.38. The minimum Gasteiger partial charge on any atom is -0.497 e. The monoisotopic (exact) mass is 467 g/mol. The van der Waals surface area contributed by atoms with Crippen LogP contribution in [0.25, 0.3) is 10.9 Å². The molecule has 0 spiro atoms. The van der Waals surface area contributed by atoms with Crippen molar-refractivity contribution in [1.82, 2.24) is 14.2 Å². The van der Waals surface area contributed by atoms with Gasteiger partial charge >= 0.3 is 0 Å². The molecule has 2 aromatic carbocycles. The summed E-state index contributed by atoms with van der Waals surface area (Å²) in [5.74, 6) is -1.57. The van der Waals surface area contributed by atoms with E-state index in [4.69, 9.17) is 16.3 Å². The summed E-state index contributed by atoms with van der Waals surface area (Å²) in [4.78, 5) is 6.27. The van der Waals surface area contributed by atoms with Gasteiger partial charge in [0, 0.05) is 49.7 Å². The van der Waals surface area contributed by atoms with E-state index < -0.39 is 21.7 Å². The number of hydrogen-bond donors (Lipinski definition) is 0. The predicted octanol–water partition coefficient (Wildman–Crippen LogP) is 3.68. The molecule has 0 radical (unpaired) electrons. The third kappa shape index (κ3) is 4.50. The van der Waals surface area contributed by atoms with Gasteiger partial charge in [-0.15, -0.1) is 0 Å². The minimum absolute atomic E-state index is 0.233. The van der Waals surface area contributed by atoms with Crippen LogP contribution in [0.2, 0.25) is 5.15 Å². The van der Waals surface area contributed by atoms with Gasteiger partial charge in [0.05, 0.1) is 17.5 Å². The van der Waals surface area contributed by atoms with E-state index in [-0.39, 0.29) is 18.0 Å². The van der Waals surface area contributed by atoms with Crippen LogP contribution in [-0.4, -0.2) is 55.9 Å². The molecule has 0 aliphatic carbocycles. The van der Waals surface area contributed by atoms with E-state index in [0.717, 1.165) is 28.6 Å². The van der Waals surface area contributed by atoms with Gasteiger partial charge in [0.25, 0.3) is 0 Å². The fourth-order valence-corrected chi connectivity index (χ4v) is 5.20. The number of rotatable bonds is 5. The van der Waals surface area contributed by atoms with Gasteiger partial charge in [-0.25, -0.2) is 22.2 Å². The molecular formula is C21H20ClF2N3O3S. The van der Waals surface area contributed by atoms with Crippen molar-refractivity contribution in [1.29, 1.82) is 0 Å². The second kappa shape index (κ2) is 8.66. The molecular weight excluding hydrogens is 448 g/mol. The molecule has 31 heavy (non-hydrogen) atoms. The summed E-state index contributed by atoms with van der Waals surface area (Å²) < 4.78 is 58.6. The van der Waals surface area contributed by atoms with Crippen molar-refractivity contribution in [2.45, 2.75) is 11.4 Å². The zero-order chi connectivity index (χ0) is 22.2. The van der Waals surface area contributed by atoms with Crippen LogP contribution >= 0.6 is 11.6 Å². The minimum atomic E-state index is -3.89. The summed E-state index contributed by atoms with van der Waals surface area (Å²) in [5, 5.41) is 1.32. The average Bonchev–Trinajstić information content (AvgIpc) is 2.76. The Bertz CT molecular complexity index is 1230. The van der Waals surface area contributed by atoms with Crippen molar-refractivity contribution >= 4 is 32.5 Å². The average molecular weight is 468 g/mol. The lowest BCUT2D eigenvalue weighted by molar-refractivity contribution is 0.181. The smallest absolute Gasteiger partial charge is 0.243 e. The van der Waals surface area contributed by atoms with E-state index in [1.165, 1.54) is 4.31 Å². The molecule has 4 rings (SSSR count). The first-order valence-electron chi connectivity index (χ1n) is 9.58. The van der Waals surface area contributed by atoms with Gasteiger partial charge < -0.3 is 4.74 Å². The van der Waals surface area contributed by atoms with Gasteiger partial charge in [0.15, 0.2) is 11.6 Å². The Morgan fingerprint density at radius 3 is 2.45 bits per heavy atom. The van der Waals surface area contributed by atoms with Crippen molar-refractivity contribution in [2.75, 3.05) is 33.3 Å². The molecule has 0 unspecified atom stereocenters. The summed E-state index contributed by atoms with van der Waals surface area (Å²) in [6.45, 7) is 1.93. The second-order valence-corrected chi connectivity index (χ2v) is 9.55. The topological polar surface area (TPSA) is 62.7 Å². The Morgan fingerprint density at radius 1 is 1.03 bits per heavy atom. The first-order valence-corrected chi connectivity index (χ1v) is 11.4. The third-order valence-electron chi connectivity index (χ3n) is 5.30. The van der Waals surface area contributed by atoms with Gasteiger partial charge in [-0.1, -0.05) is 11.6 Å². The highest BCUT2D eigenvalue weighted by atomic mass is 35.5. The Hall–Kier alpha value is -2.33. The van der Waals surface area contributed by atoms with Crippen LogP contribution in [0.3, 0.4) is 0 Å². The molecule has 1 fully saturated rings. The van der Waals surface area contributed by atoms with Crippen LogP contribution in [0.4, 0.5) is 8.78 Å². The van der Waals surface area contributed by atoms with Crippen LogP contribution < -0.4 is 4.74 Å². The van der Waals surface area contributed by atoms with Crippen LogP contribution in [0.15, 0.2) is 47.4 Å². The highest BCUT2D eigenvalue weighted by Gasteiger charge is 2.29. The zero-order valence-corrected chi connectivity index (χ0v) is 18.3. The van der Waals surface area contributed by atoms with E-state index in [1.807, 2.05) is 24.3 Å². The summed E-state index contributed by atoms with van der Waals surface area (Å²) in [5.41, 5.74) is 1.58. The highest BCUT2D eigenvalue weighted by Crippen LogP contribution is 2.26. The largest absolute Gasteiger partial charge is 0.497 e. The maximum atomic E-state index is 13.5. The molecule has 0 atom stereocenters. The first-order chi connectivity index (χ1) is 14.8. The molecule has 2 heterocycles. The first kappa shape index (κ1) is 21.9. The second-order valence-electron chi connectivity index (χ2n) is 7.25. The molecule has 10 heteroatoms. The van der Waals surface area contributed by atoms with E-state index in [0.29, 0.717) is 36.6 Å². The number of pyridine rings is 1. The Labute approximate surface area is 184 Å². The molecule has 0 bridgehead atoms. The molecule has 0 N–H and O–H groups in total. The summed E-state index contributed by atoms with van der Waals surface area (Å²) in [6, 6.07) is 10.2. The molecule has 3 aromatic rings. The summed E-state index contributed by atoms with van der Waals surface area (Å²) in [7, 11) is -2.30. The molecule has 1 aliphatic rings. The lowest BCUT2D eigenvalue weighted by Gasteiger charge is -2.34. The molecule has 0 saturated carbocycles. The standard InChI is InChI=1S/C21H20ClF2N3O3S/c1-30-16-3-2-14-10-15(21(22)25-20(14)11-16)13-26-6-8-27(9-7-26)31(28,29)17-4-5-18(23)19(24)12-17/h2-5,10-12H,6-9,13H2,1H3. The van der Waals surface area contributed by atoms with Gasteiger partial charge in [-0.05, 0) is 36.4 Å². The number of benzene rings is 2. The number of nitrogens with zero attached hydrogens (tertiary/aromatic N) is 3. The van der Waals surface area contributed by atoms with E-state index in [2.05, 4.69) is 9.88 Å². The third-order valence-corrected chi connectivity index (χ3v) is 7.53. The lowest BCUT2D eigenvalue weighted by Crippen LogP contribution is -2.48. The maximum absolute atomic E-state index is 13.5. The number of sulfonamides is 1. The molecule has 1 saturated heterocycles. The Kier molecular flexibility index (Phi) is 6.11. The fourth-order valence-electron chi connectivity index (χ4n) is 3.56. The number of methoxy groups -OCH3 is 1. The molecule has 1 aliphatic heterocycles. The van der Waals surface area contributed by atoms with Gasteiger partial charge in [0.2, 0.25) is 10.0 Å². The number of aromatic nitrogens is 1. The van der Waals surface area contributed by atoms with Crippen molar-refractivity contribution in [2.24, 2.45) is 0 Å². The van der Waals surface area contributed by atoms with E-state index in [9.17, 15) is 17.2 Å². The lowest BCUT2D eigenvalue weighted by atomic mass is 10.1. The Morgan fingerprint density at radius 2 is 1.77 bits per heavy atom. The molecule has 164 valence electrons. The van der Waals surface area contributed by atoms with Crippen molar-refractivity contribution < 1.29 is 21.9 Å². The van der Waals surface area contributed by atoms with Crippen LogP contribution in [0, 0.1) is 11.6 Å². The quantitative estimate of drug-likeness (QED) is 0.536. The maximum Gasteiger partial charge on any atom is 0.243 e. The number of fused-ring (bicyclic) bond motifs is 1. The van der Waals surface area contributed by atoms with Crippen molar-refractivity contribution in [3.63, 3.8) is 0 Å². The number of hydrogen-bond acceptors (Lipinski definition) is 5. The van der Waals surface area contributed by atoms with Crippen LogP contribution in [-0.2, 0) is 16.6 Å². The van der Waals surface area contributed by atoms with Crippen LogP contribution in [0.1, 0.15) is 5.56 Å². The van der Waals surface area contributed by atoms with Gasteiger partial charge in [0.1, 0.15) is 10.9 Å². The fraction of sp³-hybridized carbons (Fsp3) is 0.286.